The van der Waals surface area contributed by atoms with Gasteiger partial charge in [0.15, 0.2) is 0 Å². The number of urea groups is 1. The van der Waals surface area contributed by atoms with Crippen LogP contribution in [0.15, 0.2) is 24.3 Å². The third-order valence-electron chi connectivity index (χ3n) is 3.35. The Bertz CT molecular complexity index is 402. The lowest BCUT2D eigenvalue weighted by Crippen LogP contribution is -2.35. The Kier molecular flexibility index (Phi) is 4.20. The van der Waals surface area contributed by atoms with Crippen LogP contribution in [-0.4, -0.2) is 37.1 Å². The van der Waals surface area contributed by atoms with Crippen molar-refractivity contribution < 1.29 is 4.79 Å². The molecule has 18 heavy (non-hydrogen) atoms. The van der Waals surface area contributed by atoms with E-state index in [1.54, 1.807) is 0 Å². The number of carbonyl (C=O) groups excluding carboxylic acids is 1. The van der Waals surface area contributed by atoms with Crippen LogP contribution >= 0.6 is 0 Å². The molecule has 1 aromatic rings. The molecule has 4 nitrogen and oxygen atoms in total. The molecule has 0 radical (unpaired) electrons. The average molecular weight is 247 g/mol. The van der Waals surface area contributed by atoms with Crippen LogP contribution in [0, 0.1) is 6.92 Å². The van der Waals surface area contributed by atoms with Crippen LogP contribution < -0.4 is 10.6 Å². The Hall–Kier alpha value is -1.55. The van der Waals surface area contributed by atoms with Crippen LogP contribution in [0.3, 0.4) is 0 Å². The van der Waals surface area contributed by atoms with Crippen molar-refractivity contribution in [2.75, 3.05) is 26.2 Å². The molecule has 0 aromatic heterocycles. The lowest BCUT2D eigenvalue weighted by Gasteiger charge is -2.18. The van der Waals surface area contributed by atoms with Crippen LogP contribution in [0.2, 0.25) is 0 Å². The zero-order chi connectivity index (χ0) is 13.0. The van der Waals surface area contributed by atoms with Gasteiger partial charge in [-0.3, -0.25) is 0 Å². The number of nitrogens with zero attached hydrogens (tertiary/aromatic N) is 1. The van der Waals surface area contributed by atoms with E-state index < -0.39 is 0 Å². The SMILES string of the molecule is Cc1ccc(C(C)NCCN2CCNC2=O)cc1. The van der Waals surface area contributed by atoms with Crippen molar-refractivity contribution in [2.24, 2.45) is 0 Å². The van der Waals surface area contributed by atoms with Crippen molar-refractivity contribution in [3.8, 4) is 0 Å². The van der Waals surface area contributed by atoms with Gasteiger partial charge in [0.2, 0.25) is 0 Å². The van der Waals surface area contributed by atoms with Crippen LogP contribution in [0.1, 0.15) is 24.1 Å². The zero-order valence-corrected chi connectivity index (χ0v) is 11.1. The first-order chi connectivity index (χ1) is 8.66. The highest BCUT2D eigenvalue weighted by Gasteiger charge is 2.18. The summed E-state index contributed by atoms with van der Waals surface area (Å²) in [5.74, 6) is 0. The van der Waals surface area contributed by atoms with Crippen molar-refractivity contribution in [1.29, 1.82) is 0 Å². The Labute approximate surface area is 108 Å². The van der Waals surface area contributed by atoms with E-state index >= 15 is 0 Å². The Balaban J connectivity index is 1.76. The van der Waals surface area contributed by atoms with Crippen molar-refractivity contribution in [1.82, 2.24) is 15.5 Å². The average Bonchev–Trinajstić information content (AvgIpc) is 2.76. The number of aryl methyl sites for hydroxylation is 1. The van der Waals surface area contributed by atoms with Gasteiger partial charge in [0, 0.05) is 32.2 Å². The summed E-state index contributed by atoms with van der Waals surface area (Å²) in [6, 6.07) is 8.92. The van der Waals surface area contributed by atoms with Crippen molar-refractivity contribution in [3.63, 3.8) is 0 Å². The van der Waals surface area contributed by atoms with E-state index in [4.69, 9.17) is 0 Å². The van der Waals surface area contributed by atoms with E-state index in [0.717, 1.165) is 26.2 Å². The molecule has 98 valence electrons. The highest BCUT2D eigenvalue weighted by atomic mass is 16.2. The fraction of sp³-hybridized carbons (Fsp3) is 0.500. The summed E-state index contributed by atoms with van der Waals surface area (Å²) in [5, 5.41) is 6.25. The topological polar surface area (TPSA) is 44.4 Å². The molecule has 0 aliphatic carbocycles. The molecule has 2 N–H and O–H groups in total. The van der Waals surface area contributed by atoms with Crippen molar-refractivity contribution in [2.45, 2.75) is 19.9 Å². The zero-order valence-electron chi connectivity index (χ0n) is 11.1. The first-order valence-electron chi connectivity index (χ1n) is 6.49. The monoisotopic (exact) mass is 247 g/mol. The smallest absolute Gasteiger partial charge is 0.317 e. The minimum Gasteiger partial charge on any atom is -0.336 e. The van der Waals surface area contributed by atoms with E-state index in [0.29, 0.717) is 6.04 Å². The van der Waals surface area contributed by atoms with Gasteiger partial charge in [0.05, 0.1) is 0 Å². The summed E-state index contributed by atoms with van der Waals surface area (Å²) in [7, 11) is 0. The second kappa shape index (κ2) is 5.87. The molecule has 1 aromatic carbocycles. The highest BCUT2D eigenvalue weighted by Crippen LogP contribution is 2.12. The maximum absolute atomic E-state index is 11.3. The molecule has 4 heteroatoms. The predicted molar refractivity (Wildman–Crippen MR) is 72.6 cm³/mol. The van der Waals surface area contributed by atoms with E-state index in [1.165, 1.54) is 11.1 Å². The minimum absolute atomic E-state index is 0.0554. The Morgan fingerprint density at radius 1 is 1.39 bits per heavy atom. The lowest BCUT2D eigenvalue weighted by atomic mass is 10.1. The first-order valence-corrected chi connectivity index (χ1v) is 6.49. The quantitative estimate of drug-likeness (QED) is 0.831. The van der Waals surface area contributed by atoms with Gasteiger partial charge in [-0.05, 0) is 19.4 Å². The fourth-order valence-electron chi connectivity index (χ4n) is 2.11. The number of rotatable bonds is 5. The van der Waals surface area contributed by atoms with E-state index in [9.17, 15) is 4.79 Å². The minimum atomic E-state index is 0.0554. The Morgan fingerprint density at radius 2 is 2.11 bits per heavy atom. The van der Waals surface area contributed by atoms with Crippen LogP contribution in [0.5, 0.6) is 0 Å². The van der Waals surface area contributed by atoms with Gasteiger partial charge in [-0.25, -0.2) is 4.79 Å². The number of carbonyl (C=O) groups is 1. The summed E-state index contributed by atoms with van der Waals surface area (Å²) >= 11 is 0. The van der Waals surface area contributed by atoms with E-state index in [2.05, 4.69) is 48.7 Å². The molecule has 1 heterocycles. The third kappa shape index (κ3) is 3.23. The van der Waals surface area contributed by atoms with Gasteiger partial charge >= 0.3 is 6.03 Å². The molecular weight excluding hydrogens is 226 g/mol. The maximum atomic E-state index is 11.3. The molecule has 0 bridgehead atoms. The summed E-state index contributed by atoms with van der Waals surface area (Å²) < 4.78 is 0. The van der Waals surface area contributed by atoms with Crippen molar-refractivity contribution >= 4 is 6.03 Å². The number of benzene rings is 1. The second-order valence-electron chi connectivity index (χ2n) is 4.81. The Morgan fingerprint density at radius 3 is 2.72 bits per heavy atom. The predicted octanol–water partition coefficient (Wildman–Crippen LogP) is 1.67. The largest absolute Gasteiger partial charge is 0.336 e. The summed E-state index contributed by atoms with van der Waals surface area (Å²) in [6.07, 6.45) is 0. The number of amides is 2. The van der Waals surface area contributed by atoms with Gasteiger partial charge in [-0.1, -0.05) is 29.8 Å². The van der Waals surface area contributed by atoms with E-state index in [-0.39, 0.29) is 6.03 Å². The molecule has 2 amide bonds. The van der Waals surface area contributed by atoms with Crippen LogP contribution in [0.4, 0.5) is 4.79 Å². The number of hydrogen-bond acceptors (Lipinski definition) is 2. The molecule has 1 aliphatic heterocycles. The summed E-state index contributed by atoms with van der Waals surface area (Å²) in [4.78, 5) is 13.2. The van der Waals surface area contributed by atoms with Gasteiger partial charge in [0.1, 0.15) is 0 Å². The van der Waals surface area contributed by atoms with Crippen LogP contribution in [0.25, 0.3) is 0 Å². The fourth-order valence-corrected chi connectivity index (χ4v) is 2.11. The van der Waals surface area contributed by atoms with Gasteiger partial charge in [-0.2, -0.15) is 0 Å². The number of nitrogens with one attached hydrogen (secondary N) is 2. The molecule has 1 atom stereocenters. The highest BCUT2D eigenvalue weighted by molar-refractivity contribution is 5.76. The lowest BCUT2D eigenvalue weighted by molar-refractivity contribution is 0.217. The molecule has 1 fully saturated rings. The second-order valence-corrected chi connectivity index (χ2v) is 4.81. The third-order valence-corrected chi connectivity index (χ3v) is 3.35. The van der Waals surface area contributed by atoms with Gasteiger partial charge in [0.25, 0.3) is 0 Å². The maximum Gasteiger partial charge on any atom is 0.317 e. The summed E-state index contributed by atoms with van der Waals surface area (Å²) in [5.41, 5.74) is 2.56. The summed E-state index contributed by atoms with van der Waals surface area (Å²) in [6.45, 7) is 7.42. The molecular formula is C14H21N3O. The van der Waals surface area contributed by atoms with Crippen molar-refractivity contribution in [3.05, 3.63) is 35.4 Å². The molecule has 1 unspecified atom stereocenters. The number of hydrogen-bond donors (Lipinski definition) is 2. The molecule has 0 spiro atoms. The molecule has 2 rings (SSSR count). The molecule has 1 saturated heterocycles. The normalized spacial score (nSPS) is 16.8. The van der Waals surface area contributed by atoms with Gasteiger partial charge in [-0.15, -0.1) is 0 Å². The first kappa shape index (κ1) is 12.9. The standard InChI is InChI=1S/C14H21N3O/c1-11-3-5-13(6-4-11)12(2)15-7-9-17-10-8-16-14(17)18/h3-6,12,15H,7-10H2,1-2H3,(H,16,18). The van der Waals surface area contributed by atoms with Crippen LogP contribution in [-0.2, 0) is 0 Å². The molecule has 1 aliphatic rings. The molecule has 0 saturated carbocycles. The van der Waals surface area contributed by atoms with E-state index in [1.807, 2.05) is 4.90 Å². The van der Waals surface area contributed by atoms with Gasteiger partial charge < -0.3 is 15.5 Å².